The van der Waals surface area contributed by atoms with Gasteiger partial charge in [0.15, 0.2) is 11.5 Å². The fourth-order valence-electron chi connectivity index (χ4n) is 2.85. The normalized spacial score (nSPS) is 11.0. The molecule has 29 heavy (non-hydrogen) atoms. The van der Waals surface area contributed by atoms with Gasteiger partial charge in [0.25, 0.3) is 0 Å². The first-order valence-electron chi connectivity index (χ1n) is 9.05. The molecule has 0 aliphatic rings. The number of esters is 1. The van der Waals surface area contributed by atoms with E-state index in [4.69, 9.17) is 16.0 Å². The van der Waals surface area contributed by atoms with Gasteiger partial charge in [-0.3, -0.25) is 0 Å². The molecule has 7 nitrogen and oxygen atoms in total. The maximum Gasteiger partial charge on any atom is 0.340 e. The van der Waals surface area contributed by atoms with Crippen LogP contribution in [0.2, 0.25) is 0 Å². The summed E-state index contributed by atoms with van der Waals surface area (Å²) in [6.07, 6.45) is 1.46. The number of carbonyl (C=O) groups excluding carboxylic acids is 1. The minimum atomic E-state index is -0.574. The smallest absolute Gasteiger partial charge is 0.340 e. The summed E-state index contributed by atoms with van der Waals surface area (Å²) in [5.41, 5.74) is 2.83. The van der Waals surface area contributed by atoms with E-state index in [2.05, 4.69) is 14.9 Å². The molecule has 0 saturated heterocycles. The van der Waals surface area contributed by atoms with Crippen molar-refractivity contribution in [2.24, 2.45) is 0 Å². The maximum atomic E-state index is 12.2. The fraction of sp³-hybridized carbons (Fsp3) is 0.273. The molecule has 0 spiro atoms. The van der Waals surface area contributed by atoms with Crippen LogP contribution in [0.5, 0.6) is 5.88 Å². The average Bonchev–Trinajstić information content (AvgIpc) is 3.03. The van der Waals surface area contributed by atoms with Crippen molar-refractivity contribution in [1.82, 2.24) is 14.8 Å². The molecule has 1 aromatic carbocycles. The van der Waals surface area contributed by atoms with E-state index in [1.807, 2.05) is 39.8 Å². The van der Waals surface area contributed by atoms with E-state index in [0.29, 0.717) is 22.9 Å². The van der Waals surface area contributed by atoms with Crippen LogP contribution in [0.4, 0.5) is 5.69 Å². The molecular weight excluding hydrogens is 368 g/mol. The molecule has 0 amide bonds. The third kappa shape index (κ3) is 4.27. The highest BCUT2D eigenvalue weighted by molar-refractivity contribution is 5.89. The van der Waals surface area contributed by atoms with Crippen LogP contribution in [0.3, 0.4) is 0 Å². The molecule has 0 bridgehead atoms. The quantitative estimate of drug-likeness (QED) is 0.475. The highest BCUT2D eigenvalue weighted by atomic mass is 16.6. The van der Waals surface area contributed by atoms with Crippen molar-refractivity contribution >= 4 is 11.7 Å². The second-order valence-corrected chi connectivity index (χ2v) is 7.45. The number of hydrogen-bond acceptors (Lipinski definition) is 5. The monoisotopic (exact) mass is 390 g/mol. The SMILES string of the molecule is [C-]#[N+]c1ccc(-c2c(C)nn(-c3ccc(C(=O)OC(C)(C)C)cn3)c2OC)cc1. The van der Waals surface area contributed by atoms with E-state index in [1.165, 1.54) is 6.20 Å². The number of carbonyl (C=O) groups is 1. The van der Waals surface area contributed by atoms with Gasteiger partial charge in [-0.25, -0.2) is 14.6 Å². The van der Waals surface area contributed by atoms with Gasteiger partial charge in [0.05, 0.1) is 30.5 Å². The summed E-state index contributed by atoms with van der Waals surface area (Å²) in [6.45, 7) is 14.4. The van der Waals surface area contributed by atoms with E-state index in [0.717, 1.165) is 16.8 Å². The number of methoxy groups -OCH3 is 1. The van der Waals surface area contributed by atoms with Crippen molar-refractivity contribution in [3.8, 4) is 22.8 Å². The van der Waals surface area contributed by atoms with Gasteiger partial charge in [-0.2, -0.15) is 9.78 Å². The minimum Gasteiger partial charge on any atom is -0.480 e. The van der Waals surface area contributed by atoms with Crippen LogP contribution < -0.4 is 4.74 Å². The Balaban J connectivity index is 1.97. The molecule has 0 saturated carbocycles. The van der Waals surface area contributed by atoms with Gasteiger partial charge in [-0.05, 0) is 45.4 Å². The second-order valence-electron chi connectivity index (χ2n) is 7.45. The third-order valence-corrected chi connectivity index (χ3v) is 4.10. The van der Waals surface area contributed by atoms with Gasteiger partial charge in [-0.15, -0.1) is 0 Å². The highest BCUT2D eigenvalue weighted by Gasteiger charge is 2.21. The van der Waals surface area contributed by atoms with Gasteiger partial charge in [-0.1, -0.05) is 24.3 Å². The van der Waals surface area contributed by atoms with Crippen molar-refractivity contribution in [3.05, 3.63) is 65.3 Å². The first kappa shape index (κ1) is 20.1. The third-order valence-electron chi connectivity index (χ3n) is 4.10. The summed E-state index contributed by atoms with van der Waals surface area (Å²) < 4.78 is 12.6. The maximum absolute atomic E-state index is 12.2. The van der Waals surface area contributed by atoms with Crippen molar-refractivity contribution in [2.45, 2.75) is 33.3 Å². The van der Waals surface area contributed by atoms with E-state index >= 15 is 0 Å². The van der Waals surface area contributed by atoms with Crippen molar-refractivity contribution in [3.63, 3.8) is 0 Å². The van der Waals surface area contributed by atoms with E-state index < -0.39 is 11.6 Å². The molecule has 0 aliphatic carbocycles. The molecule has 2 heterocycles. The number of rotatable bonds is 4. The van der Waals surface area contributed by atoms with Crippen molar-refractivity contribution < 1.29 is 14.3 Å². The average molecular weight is 390 g/mol. The summed E-state index contributed by atoms with van der Waals surface area (Å²) in [5.74, 6) is 0.609. The largest absolute Gasteiger partial charge is 0.480 e. The highest BCUT2D eigenvalue weighted by Crippen LogP contribution is 2.35. The first-order chi connectivity index (χ1) is 13.7. The zero-order valence-corrected chi connectivity index (χ0v) is 17.1. The van der Waals surface area contributed by atoms with Gasteiger partial charge in [0.2, 0.25) is 5.88 Å². The molecule has 3 aromatic rings. The molecule has 0 radical (unpaired) electrons. The van der Waals surface area contributed by atoms with Gasteiger partial charge in [0.1, 0.15) is 5.60 Å². The molecule has 3 rings (SSSR count). The van der Waals surface area contributed by atoms with Crippen LogP contribution in [0.25, 0.3) is 21.8 Å². The van der Waals surface area contributed by atoms with Crippen LogP contribution in [-0.4, -0.2) is 33.4 Å². The zero-order chi connectivity index (χ0) is 21.2. The van der Waals surface area contributed by atoms with E-state index in [9.17, 15) is 4.79 Å². The standard InChI is InChI=1S/C22H22N4O3/c1-14-19(15-7-10-17(23-5)11-8-15)20(28-6)26(25-14)18-12-9-16(13-24-18)21(27)29-22(2,3)4/h7-13H,1-4,6H3. The Labute approximate surface area is 169 Å². The number of benzene rings is 1. The summed E-state index contributed by atoms with van der Waals surface area (Å²) in [6, 6.07) is 10.6. The number of pyridine rings is 1. The molecule has 7 heteroatoms. The van der Waals surface area contributed by atoms with Crippen LogP contribution in [0.1, 0.15) is 36.8 Å². The topological polar surface area (TPSA) is 70.6 Å². The van der Waals surface area contributed by atoms with Crippen molar-refractivity contribution in [1.29, 1.82) is 0 Å². The predicted octanol–water partition coefficient (Wildman–Crippen LogP) is 4.76. The van der Waals surface area contributed by atoms with Crippen LogP contribution in [-0.2, 0) is 4.74 Å². The first-order valence-corrected chi connectivity index (χ1v) is 9.05. The van der Waals surface area contributed by atoms with Gasteiger partial charge >= 0.3 is 5.97 Å². The Hall–Kier alpha value is -3.66. The number of nitrogens with zero attached hydrogens (tertiary/aromatic N) is 4. The lowest BCUT2D eigenvalue weighted by Gasteiger charge is -2.19. The summed E-state index contributed by atoms with van der Waals surface area (Å²) in [5, 5.41) is 4.56. The molecule has 0 N–H and O–H groups in total. The Kier molecular flexibility index (Phi) is 5.37. The Bertz CT molecular complexity index is 1070. The lowest BCUT2D eigenvalue weighted by Crippen LogP contribution is -2.24. The van der Waals surface area contributed by atoms with Crippen LogP contribution in [0, 0.1) is 13.5 Å². The molecule has 0 unspecified atom stereocenters. The Morgan fingerprint density at radius 2 is 1.83 bits per heavy atom. The fourth-order valence-corrected chi connectivity index (χ4v) is 2.85. The lowest BCUT2D eigenvalue weighted by atomic mass is 10.1. The van der Waals surface area contributed by atoms with Gasteiger partial charge < -0.3 is 9.47 Å². The molecule has 148 valence electrons. The summed E-state index contributed by atoms with van der Waals surface area (Å²) >= 11 is 0. The Morgan fingerprint density at radius 1 is 1.14 bits per heavy atom. The van der Waals surface area contributed by atoms with Gasteiger partial charge in [0, 0.05) is 6.20 Å². The summed E-state index contributed by atoms with van der Waals surface area (Å²) in [4.78, 5) is 20.0. The van der Waals surface area contributed by atoms with Crippen LogP contribution in [0.15, 0.2) is 42.6 Å². The summed E-state index contributed by atoms with van der Waals surface area (Å²) in [7, 11) is 1.57. The zero-order valence-electron chi connectivity index (χ0n) is 17.1. The number of hydrogen-bond donors (Lipinski definition) is 0. The molecule has 2 aromatic heterocycles. The predicted molar refractivity (Wildman–Crippen MR) is 110 cm³/mol. The second kappa shape index (κ2) is 7.76. The minimum absolute atomic E-state index is 0.362. The number of ether oxygens (including phenoxy) is 2. The number of aryl methyl sites for hydroxylation is 1. The molecule has 0 atom stereocenters. The number of aromatic nitrogens is 3. The molecular formula is C22H22N4O3. The van der Waals surface area contributed by atoms with Crippen LogP contribution >= 0.6 is 0 Å². The Morgan fingerprint density at radius 3 is 2.34 bits per heavy atom. The lowest BCUT2D eigenvalue weighted by molar-refractivity contribution is 0.00691. The van der Waals surface area contributed by atoms with E-state index in [1.54, 1.807) is 36.1 Å². The van der Waals surface area contributed by atoms with Crippen molar-refractivity contribution in [2.75, 3.05) is 7.11 Å². The van der Waals surface area contributed by atoms with E-state index in [-0.39, 0.29) is 0 Å². The molecule has 0 aliphatic heterocycles. The molecule has 0 fully saturated rings.